The summed E-state index contributed by atoms with van der Waals surface area (Å²) in [6, 6.07) is 4.41. The van der Waals surface area contributed by atoms with Crippen LogP contribution < -0.4 is 10.2 Å². The smallest absolute Gasteiger partial charge is 0.322 e. The highest BCUT2D eigenvalue weighted by Crippen LogP contribution is 2.27. The van der Waals surface area contributed by atoms with Crippen LogP contribution in [0.2, 0.25) is 0 Å². The molecule has 27 heavy (non-hydrogen) atoms. The molecule has 1 amide bonds. The number of fused-ring (bicyclic) bond motifs is 1. The van der Waals surface area contributed by atoms with Gasteiger partial charge in [-0.2, -0.15) is 4.98 Å². The van der Waals surface area contributed by atoms with Gasteiger partial charge in [-0.15, -0.1) is 5.10 Å². The van der Waals surface area contributed by atoms with Crippen molar-refractivity contribution in [3.05, 3.63) is 24.2 Å². The third-order valence-electron chi connectivity index (χ3n) is 4.59. The van der Waals surface area contributed by atoms with Crippen molar-refractivity contribution in [3.8, 4) is 0 Å². The molecule has 0 bridgehead atoms. The van der Waals surface area contributed by atoms with E-state index < -0.39 is 0 Å². The van der Waals surface area contributed by atoms with E-state index in [0.29, 0.717) is 42.5 Å². The van der Waals surface area contributed by atoms with E-state index in [2.05, 4.69) is 30.4 Å². The molecule has 4 rings (SSSR count). The fourth-order valence-corrected chi connectivity index (χ4v) is 3.35. The lowest BCUT2D eigenvalue weighted by atomic mass is 9.95. The van der Waals surface area contributed by atoms with Gasteiger partial charge in [0.25, 0.3) is 6.01 Å². The molecule has 1 N–H and O–H groups in total. The second-order valence-corrected chi connectivity index (χ2v) is 6.78. The molecule has 3 aromatic heterocycles. The topological polar surface area (TPSA) is 110 Å². The van der Waals surface area contributed by atoms with Crippen LogP contribution in [-0.2, 0) is 11.2 Å². The van der Waals surface area contributed by atoms with Gasteiger partial charge in [0.15, 0.2) is 5.58 Å². The van der Waals surface area contributed by atoms with Crippen molar-refractivity contribution in [2.75, 3.05) is 23.3 Å². The Labute approximate surface area is 156 Å². The Hall–Kier alpha value is -2.97. The largest absolute Gasteiger partial charge is 0.422 e. The van der Waals surface area contributed by atoms with Gasteiger partial charge in [-0.1, -0.05) is 12.0 Å². The fraction of sp³-hybridized carbons (Fsp3) is 0.500. The number of pyridine rings is 1. The summed E-state index contributed by atoms with van der Waals surface area (Å²) in [4.78, 5) is 23.1. The van der Waals surface area contributed by atoms with E-state index in [0.717, 1.165) is 25.8 Å². The molecular weight excluding hydrogens is 348 g/mol. The number of carbonyl (C=O) groups is 1. The number of oxazole rings is 1. The predicted octanol–water partition coefficient (Wildman–Crippen LogP) is 2.80. The third-order valence-corrected chi connectivity index (χ3v) is 4.59. The normalized spacial score (nSPS) is 17.4. The number of piperidine rings is 1. The van der Waals surface area contributed by atoms with Crippen LogP contribution in [-0.4, -0.2) is 39.2 Å². The zero-order valence-electron chi connectivity index (χ0n) is 15.2. The molecule has 3 aromatic rings. The zero-order valence-corrected chi connectivity index (χ0v) is 15.2. The average Bonchev–Trinajstić information content (AvgIpc) is 3.29. The van der Waals surface area contributed by atoms with Crippen LogP contribution in [0.15, 0.2) is 27.2 Å². The second kappa shape index (κ2) is 7.73. The first-order chi connectivity index (χ1) is 13.2. The van der Waals surface area contributed by atoms with Crippen molar-refractivity contribution in [3.63, 3.8) is 0 Å². The average molecular weight is 370 g/mol. The molecule has 1 aliphatic heterocycles. The first-order valence-corrected chi connectivity index (χ1v) is 9.30. The number of nitrogens with zero attached hydrogens (tertiary/aromatic N) is 5. The van der Waals surface area contributed by atoms with Crippen molar-refractivity contribution in [2.45, 2.75) is 39.0 Å². The molecule has 1 atom stereocenters. The summed E-state index contributed by atoms with van der Waals surface area (Å²) in [5, 5.41) is 10.5. The summed E-state index contributed by atoms with van der Waals surface area (Å²) in [5.74, 6) is 0.633. The number of aromatic nitrogens is 4. The maximum atomic E-state index is 12.3. The molecule has 1 unspecified atom stereocenters. The van der Waals surface area contributed by atoms with Crippen molar-refractivity contribution < 1.29 is 13.6 Å². The molecule has 9 nitrogen and oxygen atoms in total. The van der Waals surface area contributed by atoms with Crippen molar-refractivity contribution in [1.82, 2.24) is 20.2 Å². The minimum atomic E-state index is -0.118. The molecule has 1 saturated heterocycles. The summed E-state index contributed by atoms with van der Waals surface area (Å²) < 4.78 is 11.2. The van der Waals surface area contributed by atoms with E-state index >= 15 is 0 Å². The molecule has 1 fully saturated rings. The summed E-state index contributed by atoms with van der Waals surface area (Å²) in [6.45, 7) is 3.60. The highest BCUT2D eigenvalue weighted by atomic mass is 16.4. The molecule has 9 heteroatoms. The van der Waals surface area contributed by atoms with E-state index in [1.54, 1.807) is 6.20 Å². The van der Waals surface area contributed by atoms with E-state index in [-0.39, 0.29) is 17.8 Å². The van der Waals surface area contributed by atoms with Gasteiger partial charge >= 0.3 is 6.01 Å². The molecule has 0 saturated carbocycles. The van der Waals surface area contributed by atoms with Crippen LogP contribution in [0, 0.1) is 5.92 Å². The van der Waals surface area contributed by atoms with E-state index in [4.69, 9.17) is 8.83 Å². The molecule has 1 aliphatic rings. The first-order valence-electron chi connectivity index (χ1n) is 9.30. The van der Waals surface area contributed by atoms with Gasteiger partial charge in [-0.25, -0.2) is 4.98 Å². The number of rotatable bonds is 6. The van der Waals surface area contributed by atoms with Crippen molar-refractivity contribution in [2.24, 2.45) is 5.92 Å². The summed E-state index contributed by atoms with van der Waals surface area (Å²) in [7, 11) is 0. The number of anilines is 2. The highest BCUT2D eigenvalue weighted by Gasteiger charge is 2.26. The van der Waals surface area contributed by atoms with Crippen LogP contribution in [0.4, 0.5) is 12.0 Å². The Morgan fingerprint density at radius 3 is 3.15 bits per heavy atom. The molecule has 142 valence electrons. The Balaban J connectivity index is 1.35. The Bertz CT molecular complexity index is 888. The molecule has 4 heterocycles. The summed E-state index contributed by atoms with van der Waals surface area (Å²) >= 11 is 0. The van der Waals surface area contributed by atoms with Crippen LogP contribution in [0.1, 0.15) is 38.5 Å². The molecular formula is C18H22N6O3. The van der Waals surface area contributed by atoms with E-state index in [1.807, 2.05) is 19.1 Å². The Morgan fingerprint density at radius 1 is 1.37 bits per heavy atom. The zero-order chi connectivity index (χ0) is 18.6. The van der Waals surface area contributed by atoms with Crippen molar-refractivity contribution in [1.29, 1.82) is 0 Å². The minimum Gasteiger partial charge on any atom is -0.422 e. The number of amides is 1. The lowest BCUT2D eigenvalue weighted by Gasteiger charge is -2.31. The van der Waals surface area contributed by atoms with Crippen molar-refractivity contribution >= 4 is 29.2 Å². The third kappa shape index (κ3) is 4.07. The van der Waals surface area contributed by atoms with Gasteiger partial charge in [0.05, 0.1) is 0 Å². The second-order valence-electron chi connectivity index (χ2n) is 6.78. The van der Waals surface area contributed by atoms with Gasteiger partial charge in [0, 0.05) is 32.1 Å². The molecule has 0 aliphatic carbocycles. The van der Waals surface area contributed by atoms with Crippen LogP contribution >= 0.6 is 0 Å². The monoisotopic (exact) mass is 370 g/mol. The highest BCUT2D eigenvalue weighted by molar-refractivity contribution is 5.88. The standard InChI is InChI=1S/C18H22N6O3/c1-2-5-15-22-23-17(27-15)20-14(25)10-12-6-4-9-24(11-12)18-21-16-13(26-18)7-3-8-19-16/h3,7-8,12H,2,4-6,9-11H2,1H3,(H,20,23,25). The molecule has 0 spiro atoms. The van der Waals surface area contributed by atoms with Crippen LogP contribution in [0.3, 0.4) is 0 Å². The number of nitrogens with one attached hydrogen (secondary N) is 1. The Morgan fingerprint density at radius 2 is 2.30 bits per heavy atom. The minimum absolute atomic E-state index is 0.118. The van der Waals surface area contributed by atoms with E-state index in [1.165, 1.54) is 0 Å². The lowest BCUT2D eigenvalue weighted by molar-refractivity contribution is -0.117. The number of hydrogen-bond acceptors (Lipinski definition) is 8. The summed E-state index contributed by atoms with van der Waals surface area (Å²) in [6.07, 6.45) is 5.67. The maximum Gasteiger partial charge on any atom is 0.322 e. The SMILES string of the molecule is CCCc1nnc(NC(=O)CC2CCCN(c3nc4ncccc4o3)C2)o1. The number of aryl methyl sites for hydroxylation is 1. The molecule has 0 aromatic carbocycles. The van der Waals surface area contributed by atoms with Gasteiger partial charge in [0.1, 0.15) is 0 Å². The number of carbonyl (C=O) groups excluding carboxylic acids is 1. The van der Waals surface area contributed by atoms with Gasteiger partial charge in [-0.05, 0) is 37.3 Å². The lowest BCUT2D eigenvalue weighted by Crippen LogP contribution is -2.37. The fourth-order valence-electron chi connectivity index (χ4n) is 3.35. The van der Waals surface area contributed by atoms with Gasteiger partial charge in [-0.3, -0.25) is 10.1 Å². The number of hydrogen-bond donors (Lipinski definition) is 1. The quantitative estimate of drug-likeness (QED) is 0.705. The van der Waals surface area contributed by atoms with Crippen LogP contribution in [0.5, 0.6) is 0 Å². The predicted molar refractivity (Wildman–Crippen MR) is 98.3 cm³/mol. The first kappa shape index (κ1) is 17.4. The van der Waals surface area contributed by atoms with Gasteiger partial charge in [0.2, 0.25) is 17.4 Å². The maximum absolute atomic E-state index is 12.3. The van der Waals surface area contributed by atoms with Crippen LogP contribution in [0.25, 0.3) is 11.2 Å². The Kier molecular flexibility index (Phi) is 4.99. The molecule has 0 radical (unpaired) electrons. The summed E-state index contributed by atoms with van der Waals surface area (Å²) in [5.41, 5.74) is 1.28. The van der Waals surface area contributed by atoms with E-state index in [9.17, 15) is 4.79 Å². The van der Waals surface area contributed by atoms with Gasteiger partial charge < -0.3 is 13.7 Å².